The number of hydrogen-bond acceptors (Lipinski definition) is 3. The molecule has 1 rings (SSSR count). The molecular weight excluding hydrogens is 173 g/mol. The molecule has 0 aliphatic rings. The molecule has 0 amide bonds. The van der Waals surface area contributed by atoms with Crippen molar-refractivity contribution in [2.75, 3.05) is 6.54 Å². The van der Waals surface area contributed by atoms with E-state index < -0.39 is 17.3 Å². The van der Waals surface area contributed by atoms with Gasteiger partial charge < -0.3 is 10.8 Å². The van der Waals surface area contributed by atoms with Gasteiger partial charge in [-0.05, 0) is 18.6 Å². The van der Waals surface area contributed by atoms with Gasteiger partial charge in [-0.2, -0.15) is 0 Å². The molecule has 0 radical (unpaired) electrons. The predicted molar refractivity (Wildman–Crippen MR) is 46.2 cm³/mol. The Balaban J connectivity index is 3.33. The van der Waals surface area contributed by atoms with Crippen molar-refractivity contribution in [1.82, 2.24) is 0 Å². The van der Waals surface area contributed by atoms with Gasteiger partial charge in [-0.3, -0.25) is 4.79 Å². The minimum absolute atomic E-state index is 0.0255. The van der Waals surface area contributed by atoms with Gasteiger partial charge in [0.25, 0.3) is 0 Å². The molecule has 0 atom stereocenters. The Bertz CT molecular complexity index is 350. The largest absolute Gasteiger partial charge is 0.504 e. The summed E-state index contributed by atoms with van der Waals surface area (Å²) in [6.45, 7) is 1.37. The summed E-state index contributed by atoms with van der Waals surface area (Å²) in [5.74, 6) is -1.88. The number of benzene rings is 1. The molecule has 0 bridgehead atoms. The summed E-state index contributed by atoms with van der Waals surface area (Å²) in [5, 5.41) is 9.23. The number of carbonyl (C=O) groups excluding carboxylic acids is 1. The van der Waals surface area contributed by atoms with Gasteiger partial charge in [0, 0.05) is 0 Å². The normalized spacial score (nSPS) is 10.1. The summed E-state index contributed by atoms with van der Waals surface area (Å²) in [7, 11) is 0. The number of phenolic OH excluding ortho intramolecular Hbond substituents is 1. The SMILES string of the molecule is Cc1ccc(F)c(O)c1C(=O)CN. The summed E-state index contributed by atoms with van der Waals surface area (Å²) in [6, 6.07) is 2.54. The van der Waals surface area contributed by atoms with Crippen LogP contribution in [0.25, 0.3) is 0 Å². The summed E-state index contributed by atoms with van der Waals surface area (Å²) >= 11 is 0. The number of carbonyl (C=O) groups is 1. The van der Waals surface area contributed by atoms with E-state index in [9.17, 15) is 14.3 Å². The van der Waals surface area contributed by atoms with Crippen LogP contribution in [0, 0.1) is 12.7 Å². The van der Waals surface area contributed by atoms with E-state index in [-0.39, 0.29) is 12.1 Å². The van der Waals surface area contributed by atoms with Gasteiger partial charge >= 0.3 is 0 Å². The Morgan fingerprint density at radius 3 is 2.77 bits per heavy atom. The number of halogens is 1. The molecule has 0 aliphatic carbocycles. The van der Waals surface area contributed by atoms with E-state index in [2.05, 4.69) is 0 Å². The van der Waals surface area contributed by atoms with Crippen molar-refractivity contribution in [2.45, 2.75) is 6.92 Å². The van der Waals surface area contributed by atoms with Gasteiger partial charge in [-0.25, -0.2) is 4.39 Å². The molecular formula is C9H10FNO2. The van der Waals surface area contributed by atoms with Crippen molar-refractivity contribution in [3.8, 4) is 5.75 Å². The zero-order chi connectivity index (χ0) is 10.0. The first-order chi connectivity index (χ1) is 6.07. The topological polar surface area (TPSA) is 63.3 Å². The molecule has 0 unspecified atom stereocenters. The highest BCUT2D eigenvalue weighted by atomic mass is 19.1. The van der Waals surface area contributed by atoms with Gasteiger partial charge in [0.05, 0.1) is 12.1 Å². The third-order valence-electron chi connectivity index (χ3n) is 1.80. The summed E-state index contributed by atoms with van der Waals surface area (Å²) in [5.41, 5.74) is 5.61. The van der Waals surface area contributed by atoms with Gasteiger partial charge in [0.2, 0.25) is 0 Å². The van der Waals surface area contributed by atoms with Crippen molar-refractivity contribution in [1.29, 1.82) is 0 Å². The predicted octanol–water partition coefficient (Wildman–Crippen LogP) is 0.981. The molecule has 0 fully saturated rings. The minimum atomic E-state index is -0.803. The molecule has 4 heteroatoms. The summed E-state index contributed by atoms with van der Waals surface area (Å²) in [4.78, 5) is 11.2. The number of rotatable bonds is 2. The average Bonchev–Trinajstić information content (AvgIpc) is 2.12. The van der Waals surface area contributed by atoms with Crippen molar-refractivity contribution >= 4 is 5.78 Å². The second-order valence-electron chi connectivity index (χ2n) is 2.72. The van der Waals surface area contributed by atoms with E-state index in [1.807, 2.05) is 0 Å². The molecule has 3 N–H and O–H groups in total. The van der Waals surface area contributed by atoms with Crippen molar-refractivity contribution in [3.05, 3.63) is 29.1 Å². The van der Waals surface area contributed by atoms with E-state index in [1.54, 1.807) is 6.92 Å². The highest BCUT2D eigenvalue weighted by Crippen LogP contribution is 2.24. The van der Waals surface area contributed by atoms with Gasteiger partial charge in [-0.15, -0.1) is 0 Å². The number of aromatic hydroxyl groups is 1. The Morgan fingerprint density at radius 2 is 2.23 bits per heavy atom. The van der Waals surface area contributed by atoms with Crippen molar-refractivity contribution in [3.63, 3.8) is 0 Å². The average molecular weight is 183 g/mol. The summed E-state index contributed by atoms with van der Waals surface area (Å²) < 4.78 is 12.8. The lowest BCUT2D eigenvalue weighted by molar-refractivity contribution is 0.0997. The monoisotopic (exact) mass is 183 g/mol. The van der Waals surface area contributed by atoms with Crippen LogP contribution in [0.1, 0.15) is 15.9 Å². The lowest BCUT2D eigenvalue weighted by Gasteiger charge is -2.06. The van der Waals surface area contributed by atoms with Gasteiger partial charge in [-0.1, -0.05) is 6.07 Å². The van der Waals surface area contributed by atoms with Crippen LogP contribution in [0.3, 0.4) is 0 Å². The number of ketones is 1. The number of nitrogens with two attached hydrogens (primary N) is 1. The Morgan fingerprint density at radius 1 is 1.62 bits per heavy atom. The van der Waals surface area contributed by atoms with Crippen LogP contribution in [0.4, 0.5) is 4.39 Å². The molecule has 0 aliphatic heterocycles. The highest BCUT2D eigenvalue weighted by Gasteiger charge is 2.15. The van der Waals surface area contributed by atoms with Crippen molar-refractivity contribution < 1.29 is 14.3 Å². The Kier molecular flexibility index (Phi) is 2.63. The Hall–Kier alpha value is -1.42. The van der Waals surface area contributed by atoms with Crippen LogP contribution in [0.15, 0.2) is 12.1 Å². The maximum Gasteiger partial charge on any atom is 0.180 e. The fourth-order valence-electron chi connectivity index (χ4n) is 1.12. The number of Topliss-reactive ketones (excluding diaryl/α,β-unsaturated/α-hetero) is 1. The molecule has 70 valence electrons. The maximum absolute atomic E-state index is 12.8. The second kappa shape index (κ2) is 3.53. The fraction of sp³-hybridized carbons (Fsp3) is 0.222. The molecule has 0 saturated carbocycles. The highest BCUT2D eigenvalue weighted by molar-refractivity contribution is 6.01. The standard InChI is InChI=1S/C9H10FNO2/c1-5-2-3-6(10)9(13)8(5)7(12)4-11/h2-3,13H,4,11H2,1H3. The lowest BCUT2D eigenvalue weighted by Crippen LogP contribution is -2.15. The first-order valence-electron chi connectivity index (χ1n) is 3.79. The third kappa shape index (κ3) is 1.67. The molecule has 3 nitrogen and oxygen atoms in total. The molecule has 1 aromatic rings. The first kappa shape index (κ1) is 9.67. The quantitative estimate of drug-likeness (QED) is 0.672. The Labute approximate surface area is 75.0 Å². The van der Waals surface area contributed by atoms with Gasteiger partial charge in [0.15, 0.2) is 17.3 Å². The van der Waals surface area contributed by atoms with Crippen molar-refractivity contribution in [2.24, 2.45) is 5.73 Å². The van der Waals surface area contributed by atoms with Crippen LogP contribution in [0.5, 0.6) is 5.75 Å². The minimum Gasteiger partial charge on any atom is -0.504 e. The molecule has 0 heterocycles. The third-order valence-corrected chi connectivity index (χ3v) is 1.80. The van der Waals surface area contributed by atoms with Crippen LogP contribution in [0.2, 0.25) is 0 Å². The summed E-state index contributed by atoms with van der Waals surface area (Å²) in [6.07, 6.45) is 0. The smallest absolute Gasteiger partial charge is 0.180 e. The van der Waals surface area contributed by atoms with Crippen LogP contribution >= 0.6 is 0 Å². The van der Waals surface area contributed by atoms with E-state index in [1.165, 1.54) is 6.07 Å². The van der Waals surface area contributed by atoms with Crippen LogP contribution in [-0.2, 0) is 0 Å². The number of aryl methyl sites for hydroxylation is 1. The first-order valence-corrected chi connectivity index (χ1v) is 3.79. The number of hydrogen-bond donors (Lipinski definition) is 2. The van der Waals surface area contributed by atoms with E-state index in [4.69, 9.17) is 5.73 Å². The fourth-order valence-corrected chi connectivity index (χ4v) is 1.12. The molecule has 0 aromatic heterocycles. The van der Waals surface area contributed by atoms with Gasteiger partial charge in [0.1, 0.15) is 0 Å². The number of phenols is 1. The molecule has 1 aromatic carbocycles. The lowest BCUT2D eigenvalue weighted by atomic mass is 10.0. The van der Waals surface area contributed by atoms with E-state index in [0.29, 0.717) is 5.56 Å². The van der Waals surface area contributed by atoms with Crippen LogP contribution in [-0.4, -0.2) is 17.4 Å². The van der Waals surface area contributed by atoms with E-state index >= 15 is 0 Å². The zero-order valence-electron chi connectivity index (χ0n) is 7.17. The maximum atomic E-state index is 12.8. The molecule has 0 saturated heterocycles. The molecule has 0 spiro atoms. The zero-order valence-corrected chi connectivity index (χ0v) is 7.17. The second-order valence-corrected chi connectivity index (χ2v) is 2.72. The van der Waals surface area contributed by atoms with Crippen LogP contribution < -0.4 is 5.73 Å². The molecule has 13 heavy (non-hydrogen) atoms. The van der Waals surface area contributed by atoms with E-state index in [0.717, 1.165) is 6.07 Å².